The fraction of sp³-hybridized carbons (Fsp3) is 0.267. The van der Waals surface area contributed by atoms with E-state index in [9.17, 15) is 0 Å². The van der Waals surface area contributed by atoms with Gasteiger partial charge in [0.15, 0.2) is 0 Å². The lowest BCUT2D eigenvalue weighted by Gasteiger charge is -2.26. The minimum absolute atomic E-state index is 0.461. The molecule has 1 aromatic carbocycles. The Morgan fingerprint density at radius 1 is 1.16 bits per heavy atom. The van der Waals surface area contributed by atoms with Crippen molar-refractivity contribution < 1.29 is 0 Å². The van der Waals surface area contributed by atoms with E-state index in [1.807, 2.05) is 30.3 Å². The fourth-order valence-electron chi connectivity index (χ4n) is 2.08. The number of aromatic nitrogens is 1. The third-order valence-electron chi connectivity index (χ3n) is 3.04. The summed E-state index contributed by atoms with van der Waals surface area (Å²) in [5.41, 5.74) is 3.29. The Kier molecular flexibility index (Phi) is 5.06. The molecule has 0 atom stereocenters. The molecule has 4 heteroatoms. The van der Waals surface area contributed by atoms with Crippen LogP contribution in [0.2, 0.25) is 5.02 Å². The van der Waals surface area contributed by atoms with Crippen LogP contribution in [0.4, 0.5) is 5.69 Å². The maximum atomic E-state index is 6.34. The zero-order valence-electron chi connectivity index (χ0n) is 10.8. The summed E-state index contributed by atoms with van der Waals surface area (Å²) < 4.78 is 0. The second-order valence-corrected chi connectivity index (χ2v) is 4.93. The smallest absolute Gasteiger partial charge is 0.0642 e. The SMILES string of the molecule is CCN(Cc1ccncc1)c1c(Cl)cccc1CCl. The van der Waals surface area contributed by atoms with E-state index >= 15 is 0 Å². The topological polar surface area (TPSA) is 16.1 Å². The number of halogens is 2. The van der Waals surface area contributed by atoms with Gasteiger partial charge in [0, 0.05) is 31.4 Å². The van der Waals surface area contributed by atoms with Crippen molar-refractivity contribution in [2.45, 2.75) is 19.3 Å². The number of hydrogen-bond acceptors (Lipinski definition) is 2. The molecule has 0 saturated carbocycles. The number of hydrogen-bond donors (Lipinski definition) is 0. The molecule has 0 aliphatic heterocycles. The Bertz CT molecular complexity index is 529. The van der Waals surface area contributed by atoms with E-state index in [2.05, 4.69) is 16.8 Å². The maximum absolute atomic E-state index is 6.34. The van der Waals surface area contributed by atoms with Crippen LogP contribution in [-0.4, -0.2) is 11.5 Å². The number of nitrogens with zero attached hydrogens (tertiary/aromatic N) is 2. The van der Waals surface area contributed by atoms with Crippen LogP contribution < -0.4 is 4.90 Å². The van der Waals surface area contributed by atoms with E-state index < -0.39 is 0 Å². The second kappa shape index (κ2) is 6.78. The van der Waals surface area contributed by atoms with Crippen LogP contribution in [-0.2, 0) is 12.4 Å². The van der Waals surface area contributed by atoms with Crippen molar-refractivity contribution in [3.8, 4) is 0 Å². The minimum Gasteiger partial charge on any atom is -0.366 e. The highest BCUT2D eigenvalue weighted by molar-refractivity contribution is 6.33. The summed E-state index contributed by atoms with van der Waals surface area (Å²) in [6.45, 7) is 3.78. The van der Waals surface area contributed by atoms with E-state index in [1.165, 1.54) is 5.56 Å². The van der Waals surface area contributed by atoms with Crippen molar-refractivity contribution in [2.24, 2.45) is 0 Å². The van der Waals surface area contributed by atoms with Crippen LogP contribution in [0.25, 0.3) is 0 Å². The lowest BCUT2D eigenvalue weighted by molar-refractivity contribution is 0.826. The lowest BCUT2D eigenvalue weighted by Crippen LogP contribution is -2.23. The molecule has 0 aliphatic rings. The third kappa shape index (κ3) is 3.40. The standard InChI is InChI=1S/C15H16Cl2N2/c1-2-19(11-12-6-8-18-9-7-12)15-13(10-16)4-3-5-14(15)17/h3-9H,2,10-11H2,1H3. The molecule has 0 unspecified atom stereocenters. The summed E-state index contributed by atoms with van der Waals surface area (Å²) >= 11 is 12.3. The molecule has 0 aliphatic carbocycles. The summed E-state index contributed by atoms with van der Waals surface area (Å²) in [7, 11) is 0. The van der Waals surface area contributed by atoms with Gasteiger partial charge >= 0.3 is 0 Å². The van der Waals surface area contributed by atoms with Crippen molar-refractivity contribution in [1.29, 1.82) is 0 Å². The lowest BCUT2D eigenvalue weighted by atomic mass is 10.1. The molecule has 0 amide bonds. The van der Waals surface area contributed by atoms with Crippen LogP contribution in [0, 0.1) is 0 Å². The van der Waals surface area contributed by atoms with E-state index in [4.69, 9.17) is 23.2 Å². The van der Waals surface area contributed by atoms with Gasteiger partial charge in [-0.1, -0.05) is 23.7 Å². The molecular formula is C15H16Cl2N2. The van der Waals surface area contributed by atoms with Gasteiger partial charge in [-0.3, -0.25) is 4.98 Å². The summed E-state index contributed by atoms with van der Waals surface area (Å²) in [5.74, 6) is 0.461. The zero-order valence-corrected chi connectivity index (χ0v) is 12.3. The zero-order chi connectivity index (χ0) is 13.7. The van der Waals surface area contributed by atoms with Gasteiger partial charge in [0.25, 0.3) is 0 Å². The first-order valence-corrected chi connectivity index (χ1v) is 7.14. The van der Waals surface area contributed by atoms with E-state index in [0.717, 1.165) is 29.4 Å². The van der Waals surface area contributed by atoms with Crippen LogP contribution >= 0.6 is 23.2 Å². The van der Waals surface area contributed by atoms with Crippen molar-refractivity contribution in [3.05, 3.63) is 58.9 Å². The van der Waals surface area contributed by atoms with Crippen molar-refractivity contribution in [2.75, 3.05) is 11.4 Å². The summed E-state index contributed by atoms with van der Waals surface area (Å²) in [5, 5.41) is 0.744. The molecule has 1 heterocycles. The van der Waals surface area contributed by atoms with E-state index in [0.29, 0.717) is 5.88 Å². The van der Waals surface area contributed by atoms with Gasteiger partial charge in [0.05, 0.1) is 10.7 Å². The number of anilines is 1. The molecule has 1 aromatic heterocycles. The average molecular weight is 295 g/mol. The van der Waals surface area contributed by atoms with Crippen molar-refractivity contribution >= 4 is 28.9 Å². The van der Waals surface area contributed by atoms with Gasteiger partial charge in [-0.2, -0.15) is 0 Å². The molecule has 19 heavy (non-hydrogen) atoms. The highest BCUT2D eigenvalue weighted by Crippen LogP contribution is 2.31. The largest absolute Gasteiger partial charge is 0.366 e. The van der Waals surface area contributed by atoms with Gasteiger partial charge in [-0.05, 0) is 36.2 Å². The van der Waals surface area contributed by atoms with Gasteiger partial charge < -0.3 is 4.90 Å². The van der Waals surface area contributed by atoms with Crippen LogP contribution in [0.5, 0.6) is 0 Å². The Hall–Kier alpha value is -1.25. The quantitative estimate of drug-likeness (QED) is 0.755. The molecule has 0 bridgehead atoms. The predicted octanol–water partition coefficient (Wildman–Crippen LogP) is 4.50. The highest BCUT2D eigenvalue weighted by atomic mass is 35.5. The molecule has 2 rings (SSSR count). The van der Waals surface area contributed by atoms with Gasteiger partial charge in [-0.25, -0.2) is 0 Å². The Morgan fingerprint density at radius 3 is 2.53 bits per heavy atom. The van der Waals surface area contributed by atoms with Crippen molar-refractivity contribution in [1.82, 2.24) is 4.98 Å². The number of para-hydroxylation sites is 1. The first-order valence-electron chi connectivity index (χ1n) is 6.23. The summed E-state index contributed by atoms with van der Waals surface area (Å²) in [4.78, 5) is 6.27. The molecule has 100 valence electrons. The monoisotopic (exact) mass is 294 g/mol. The third-order valence-corrected chi connectivity index (χ3v) is 3.63. The Labute approximate surface area is 124 Å². The minimum atomic E-state index is 0.461. The van der Waals surface area contributed by atoms with Gasteiger partial charge in [-0.15, -0.1) is 11.6 Å². The first kappa shape index (κ1) is 14.2. The first-order chi connectivity index (χ1) is 9.26. The second-order valence-electron chi connectivity index (χ2n) is 4.25. The molecule has 2 aromatic rings. The maximum Gasteiger partial charge on any atom is 0.0642 e. The fourth-order valence-corrected chi connectivity index (χ4v) is 2.61. The molecular weight excluding hydrogens is 279 g/mol. The highest BCUT2D eigenvalue weighted by Gasteiger charge is 2.13. The van der Waals surface area contributed by atoms with E-state index in [1.54, 1.807) is 12.4 Å². The number of benzene rings is 1. The normalized spacial score (nSPS) is 10.5. The molecule has 0 fully saturated rings. The molecule has 0 saturated heterocycles. The van der Waals surface area contributed by atoms with Crippen LogP contribution in [0.15, 0.2) is 42.7 Å². The van der Waals surface area contributed by atoms with Crippen LogP contribution in [0.1, 0.15) is 18.1 Å². The molecule has 0 radical (unpaired) electrons. The Morgan fingerprint density at radius 2 is 1.89 bits per heavy atom. The number of rotatable bonds is 5. The summed E-state index contributed by atoms with van der Waals surface area (Å²) in [6, 6.07) is 9.88. The molecule has 2 nitrogen and oxygen atoms in total. The average Bonchev–Trinajstić information content (AvgIpc) is 2.46. The van der Waals surface area contributed by atoms with Crippen molar-refractivity contribution in [3.63, 3.8) is 0 Å². The molecule has 0 spiro atoms. The van der Waals surface area contributed by atoms with E-state index in [-0.39, 0.29) is 0 Å². The summed E-state index contributed by atoms with van der Waals surface area (Å²) in [6.07, 6.45) is 3.61. The number of alkyl halides is 1. The van der Waals surface area contributed by atoms with Gasteiger partial charge in [0.2, 0.25) is 0 Å². The van der Waals surface area contributed by atoms with Crippen LogP contribution in [0.3, 0.4) is 0 Å². The Balaban J connectivity index is 2.32. The molecule has 0 N–H and O–H groups in total. The predicted molar refractivity (Wildman–Crippen MR) is 82.0 cm³/mol. The van der Waals surface area contributed by atoms with Gasteiger partial charge in [0.1, 0.15) is 0 Å². The number of pyridine rings is 1.